The third-order valence-electron chi connectivity index (χ3n) is 8.41. The summed E-state index contributed by atoms with van der Waals surface area (Å²) in [7, 11) is 0. The van der Waals surface area contributed by atoms with Crippen molar-refractivity contribution in [2.75, 3.05) is 56.5 Å². The predicted octanol–water partition coefficient (Wildman–Crippen LogP) is 1.60. The summed E-state index contributed by atoms with van der Waals surface area (Å²) in [5, 5.41) is 26.5. The largest absolute Gasteiger partial charge is 0.395 e. The maximum atomic E-state index is 12.3. The number of aliphatic hydroxyl groups excluding tert-OH is 1. The van der Waals surface area contributed by atoms with Crippen molar-refractivity contribution in [2.45, 2.75) is 57.7 Å². The Hall–Kier alpha value is -3.39. The zero-order valence-electron chi connectivity index (χ0n) is 24.2. The van der Waals surface area contributed by atoms with Crippen LogP contribution in [0.5, 0.6) is 0 Å². The number of benzene rings is 1. The van der Waals surface area contributed by atoms with E-state index in [0.717, 1.165) is 57.8 Å². The molecule has 3 aromatic rings. The molecule has 1 aromatic carbocycles. The number of tetrazole rings is 1. The quantitative estimate of drug-likeness (QED) is 0.268. The Morgan fingerprint density at radius 1 is 1.19 bits per heavy atom. The number of nitrogen functional groups attached to an aromatic ring is 1. The molecule has 42 heavy (non-hydrogen) atoms. The summed E-state index contributed by atoms with van der Waals surface area (Å²) in [5.74, 6) is 0.748. The van der Waals surface area contributed by atoms with E-state index in [9.17, 15) is 4.79 Å². The molecule has 0 radical (unpaired) electrons. The minimum absolute atomic E-state index is 0.0247. The number of halogens is 1. The number of aliphatic hydroxyl groups is 1. The fraction of sp³-hybridized carbons (Fsp3) is 0.571. The molecule has 2 atom stereocenters. The Bertz CT molecular complexity index is 1320. The molecule has 0 saturated carbocycles. The number of nitrogens with zero attached hydrogens (tertiary/aromatic N) is 8. The second kappa shape index (κ2) is 13.7. The lowest BCUT2D eigenvalue weighted by molar-refractivity contribution is 0.0483. The highest BCUT2D eigenvalue weighted by Gasteiger charge is 2.36. The van der Waals surface area contributed by atoms with Crippen molar-refractivity contribution < 1.29 is 9.90 Å². The van der Waals surface area contributed by atoms with E-state index in [2.05, 4.69) is 88.7 Å². The molecule has 1 unspecified atom stereocenters. The van der Waals surface area contributed by atoms with Gasteiger partial charge in [-0.15, -0.1) is 10.2 Å². The van der Waals surface area contributed by atoms with Crippen molar-refractivity contribution in [2.24, 2.45) is 0 Å². The maximum absolute atomic E-state index is 12.3. The summed E-state index contributed by atoms with van der Waals surface area (Å²) < 4.78 is 0. The molecule has 0 spiro atoms. The summed E-state index contributed by atoms with van der Waals surface area (Å²) in [6, 6.07) is 9.78. The maximum Gasteiger partial charge on any atom is 0.273 e. The Labute approximate surface area is 250 Å². The fourth-order valence-corrected chi connectivity index (χ4v) is 6.41. The molecule has 4 heterocycles. The molecule has 2 saturated heterocycles. The molecule has 2 aliphatic heterocycles. The van der Waals surface area contributed by atoms with Gasteiger partial charge in [-0.25, -0.2) is 9.97 Å². The number of H-pyrrole nitrogens is 1. The average molecular weight is 598 g/mol. The van der Waals surface area contributed by atoms with Crippen LogP contribution in [0.4, 0.5) is 11.6 Å². The van der Waals surface area contributed by atoms with E-state index in [0.29, 0.717) is 24.3 Å². The van der Waals surface area contributed by atoms with Crippen molar-refractivity contribution in [1.29, 1.82) is 0 Å². The number of nitrogens with two attached hydrogens (primary N) is 1. The summed E-state index contributed by atoms with van der Waals surface area (Å²) >= 11 is 6.51. The lowest BCUT2D eigenvalue weighted by Gasteiger charge is -2.48. The summed E-state index contributed by atoms with van der Waals surface area (Å²) in [4.78, 5) is 28.4. The monoisotopic (exact) mass is 597 g/mol. The van der Waals surface area contributed by atoms with Gasteiger partial charge in [-0.05, 0) is 31.7 Å². The van der Waals surface area contributed by atoms with Crippen LogP contribution >= 0.6 is 11.6 Å². The van der Waals surface area contributed by atoms with Crippen LogP contribution in [0.3, 0.4) is 0 Å². The minimum atomic E-state index is -0.507. The SMILES string of the molecule is CC[C@H]1CN(c2nc(N)c(C(=O)NCCO)nc2Cl)CCN1C1CCN(C(Cc2nn[nH]n2)c2ccc(C)cc2)CC1. The van der Waals surface area contributed by atoms with Gasteiger partial charge in [0.25, 0.3) is 5.91 Å². The highest BCUT2D eigenvalue weighted by atomic mass is 35.5. The second-order valence-electron chi connectivity index (χ2n) is 11.0. The van der Waals surface area contributed by atoms with Crippen LogP contribution in [0, 0.1) is 6.92 Å². The van der Waals surface area contributed by atoms with Crippen LogP contribution in [0.25, 0.3) is 0 Å². The number of rotatable bonds is 10. The topological polar surface area (TPSA) is 165 Å². The number of carbonyl (C=O) groups is 1. The second-order valence-corrected chi connectivity index (χ2v) is 11.4. The number of nitrogens with one attached hydrogen (secondary N) is 2. The number of amides is 1. The first-order chi connectivity index (χ1) is 20.4. The number of piperidine rings is 1. The highest BCUT2D eigenvalue weighted by Crippen LogP contribution is 2.32. The van der Waals surface area contributed by atoms with Gasteiger partial charge in [0.1, 0.15) is 0 Å². The van der Waals surface area contributed by atoms with Gasteiger partial charge in [0.2, 0.25) is 0 Å². The Morgan fingerprint density at radius 2 is 1.95 bits per heavy atom. The lowest BCUT2D eigenvalue weighted by atomic mass is 9.94. The van der Waals surface area contributed by atoms with Crippen molar-refractivity contribution in [3.05, 3.63) is 52.1 Å². The zero-order valence-corrected chi connectivity index (χ0v) is 25.0. The highest BCUT2D eigenvalue weighted by molar-refractivity contribution is 6.32. The van der Waals surface area contributed by atoms with Gasteiger partial charge in [-0.3, -0.25) is 14.6 Å². The van der Waals surface area contributed by atoms with Crippen LogP contribution < -0.4 is 16.0 Å². The Balaban J connectivity index is 1.23. The van der Waals surface area contributed by atoms with Gasteiger partial charge in [-0.2, -0.15) is 5.21 Å². The van der Waals surface area contributed by atoms with Gasteiger partial charge in [0.15, 0.2) is 28.3 Å². The normalized spacial score (nSPS) is 19.6. The molecule has 5 N–H and O–H groups in total. The molecule has 2 aromatic heterocycles. The van der Waals surface area contributed by atoms with E-state index in [1.54, 1.807) is 0 Å². The van der Waals surface area contributed by atoms with Crippen LogP contribution in [0.2, 0.25) is 5.15 Å². The number of hydrogen-bond acceptors (Lipinski definition) is 11. The third-order valence-corrected chi connectivity index (χ3v) is 8.66. The van der Waals surface area contributed by atoms with E-state index in [4.69, 9.17) is 22.4 Å². The smallest absolute Gasteiger partial charge is 0.273 e. The first-order valence-electron chi connectivity index (χ1n) is 14.6. The molecule has 226 valence electrons. The van der Waals surface area contributed by atoms with Crippen molar-refractivity contribution in [1.82, 2.24) is 45.7 Å². The number of anilines is 2. The first kappa shape index (κ1) is 30.1. The third kappa shape index (κ3) is 6.80. The fourth-order valence-electron chi connectivity index (χ4n) is 6.16. The molecular formula is C28H40ClN11O2. The first-order valence-corrected chi connectivity index (χ1v) is 15.0. The number of hydrogen-bond donors (Lipinski definition) is 4. The van der Waals surface area contributed by atoms with Crippen molar-refractivity contribution in [3.8, 4) is 0 Å². The summed E-state index contributed by atoms with van der Waals surface area (Å²) in [5.41, 5.74) is 8.59. The van der Waals surface area contributed by atoms with Gasteiger partial charge in [-0.1, -0.05) is 53.6 Å². The molecule has 2 aliphatic rings. The van der Waals surface area contributed by atoms with E-state index in [1.165, 1.54) is 11.1 Å². The van der Waals surface area contributed by atoms with Crippen LogP contribution in [-0.4, -0.2) is 109 Å². The number of aromatic nitrogens is 6. The average Bonchev–Trinajstić information content (AvgIpc) is 3.53. The molecule has 1 amide bonds. The molecule has 2 fully saturated rings. The lowest BCUT2D eigenvalue weighted by Crippen LogP contribution is -2.58. The van der Waals surface area contributed by atoms with Crippen LogP contribution in [-0.2, 0) is 6.42 Å². The number of piperazine rings is 1. The number of carbonyl (C=O) groups excluding carboxylic acids is 1. The van der Waals surface area contributed by atoms with Crippen molar-refractivity contribution >= 4 is 29.1 Å². The van der Waals surface area contributed by atoms with Gasteiger partial charge >= 0.3 is 0 Å². The number of aryl methyl sites for hydroxylation is 1. The number of aromatic amines is 1. The molecular weight excluding hydrogens is 558 g/mol. The molecule has 5 rings (SSSR count). The van der Waals surface area contributed by atoms with Gasteiger partial charge in [0, 0.05) is 63.8 Å². The summed E-state index contributed by atoms with van der Waals surface area (Å²) in [6.07, 6.45) is 3.86. The standard InChI is InChI=1S/C28H40ClN11O2/c1-3-20-17-39(27-25(29)32-24(26(30)33-27)28(42)31-10-15-41)13-14-40(20)21-8-11-38(12-9-21)22(16-23-34-36-37-35-23)19-6-4-18(2)5-7-19/h4-7,20-22,41H,3,8-17H2,1-2H3,(H2,30,33)(H,31,42)(H,34,35,36,37)/t20-,22?/m0/s1. The molecule has 14 heteroatoms. The molecule has 0 bridgehead atoms. The van der Waals surface area contributed by atoms with E-state index in [1.807, 2.05) is 0 Å². The van der Waals surface area contributed by atoms with Gasteiger partial charge < -0.3 is 21.1 Å². The predicted molar refractivity (Wildman–Crippen MR) is 160 cm³/mol. The van der Waals surface area contributed by atoms with Crippen LogP contribution in [0.15, 0.2) is 24.3 Å². The zero-order chi connectivity index (χ0) is 29.6. The minimum Gasteiger partial charge on any atom is -0.395 e. The van der Waals surface area contributed by atoms with Crippen LogP contribution in [0.1, 0.15) is 59.7 Å². The molecule has 0 aliphatic carbocycles. The van der Waals surface area contributed by atoms with Gasteiger partial charge in [0.05, 0.1) is 6.61 Å². The Kier molecular flexibility index (Phi) is 9.83. The summed E-state index contributed by atoms with van der Waals surface area (Å²) in [6.45, 7) is 8.60. The molecule has 13 nitrogen and oxygen atoms in total. The van der Waals surface area contributed by atoms with Crippen molar-refractivity contribution in [3.63, 3.8) is 0 Å². The van der Waals surface area contributed by atoms with E-state index in [-0.39, 0.29) is 35.9 Å². The van der Waals surface area contributed by atoms with E-state index < -0.39 is 5.91 Å². The van der Waals surface area contributed by atoms with E-state index >= 15 is 0 Å². The number of likely N-dealkylation sites (tertiary alicyclic amines) is 1. The Morgan fingerprint density at radius 3 is 2.62 bits per heavy atom.